The Labute approximate surface area is 227 Å². The number of para-hydroxylation sites is 1. The first-order valence-corrected chi connectivity index (χ1v) is 14.1. The van der Waals surface area contributed by atoms with Crippen LogP contribution in [-0.4, -0.2) is 66.7 Å². The molecule has 8 nitrogen and oxygen atoms in total. The lowest BCUT2D eigenvalue weighted by molar-refractivity contribution is -0.163. The van der Waals surface area contributed by atoms with Gasteiger partial charge in [-0.05, 0) is 56.4 Å². The van der Waals surface area contributed by atoms with Gasteiger partial charge in [-0.1, -0.05) is 30.3 Å². The number of carbonyl (C=O) groups is 2. The summed E-state index contributed by atoms with van der Waals surface area (Å²) in [4.78, 5) is 32.9. The molecule has 2 N–H and O–H groups in total. The molecule has 200 valence electrons. The van der Waals surface area contributed by atoms with Crippen LogP contribution in [0.15, 0.2) is 53.9 Å². The molecule has 0 saturated carbocycles. The third-order valence-corrected chi connectivity index (χ3v) is 7.78. The Balaban J connectivity index is 1.21. The molecule has 1 unspecified atom stereocenters. The maximum Gasteiger partial charge on any atom is 0.253 e. The van der Waals surface area contributed by atoms with Crippen molar-refractivity contribution in [3.05, 3.63) is 64.5 Å². The van der Waals surface area contributed by atoms with Crippen molar-refractivity contribution in [3.8, 4) is 17.0 Å². The average Bonchev–Trinajstić information content (AvgIpc) is 3.35. The lowest BCUT2D eigenvalue weighted by Crippen LogP contribution is -2.61. The Morgan fingerprint density at radius 3 is 2.95 bits per heavy atom. The number of fused-ring (bicyclic) bond motifs is 1. The zero-order chi connectivity index (χ0) is 26.4. The van der Waals surface area contributed by atoms with Gasteiger partial charge in [-0.15, -0.1) is 11.3 Å². The number of ether oxygens (including phenoxy) is 2. The lowest BCUT2D eigenvalue weighted by Gasteiger charge is -2.41. The minimum absolute atomic E-state index is 0.118. The Morgan fingerprint density at radius 2 is 2.08 bits per heavy atom. The number of nitrogens with one attached hydrogen (secondary N) is 2. The van der Waals surface area contributed by atoms with Gasteiger partial charge in [0, 0.05) is 29.7 Å². The highest BCUT2D eigenvalue weighted by Crippen LogP contribution is 2.28. The molecule has 3 heterocycles. The number of anilines is 1. The second kappa shape index (κ2) is 12.1. The molecule has 2 aromatic carbocycles. The van der Waals surface area contributed by atoms with Crippen LogP contribution in [0.2, 0.25) is 0 Å². The first kappa shape index (κ1) is 26.3. The van der Waals surface area contributed by atoms with E-state index in [1.165, 1.54) is 5.56 Å². The van der Waals surface area contributed by atoms with E-state index in [9.17, 15) is 9.59 Å². The second-order valence-electron chi connectivity index (χ2n) is 9.85. The van der Waals surface area contributed by atoms with Crippen molar-refractivity contribution in [2.45, 2.75) is 38.2 Å². The third-order valence-electron chi connectivity index (χ3n) is 7.00. The van der Waals surface area contributed by atoms with Crippen LogP contribution in [0.3, 0.4) is 0 Å². The van der Waals surface area contributed by atoms with E-state index in [0.29, 0.717) is 39.3 Å². The summed E-state index contributed by atoms with van der Waals surface area (Å²) < 4.78 is 12.1. The van der Waals surface area contributed by atoms with Gasteiger partial charge in [0.05, 0.1) is 30.4 Å². The summed E-state index contributed by atoms with van der Waals surface area (Å²) in [6.07, 6.45) is 3.26. The third kappa shape index (κ3) is 6.40. The van der Waals surface area contributed by atoms with Gasteiger partial charge in [0.25, 0.3) is 5.91 Å². The van der Waals surface area contributed by atoms with E-state index < -0.39 is 5.60 Å². The van der Waals surface area contributed by atoms with Crippen molar-refractivity contribution in [2.24, 2.45) is 0 Å². The zero-order valence-electron chi connectivity index (χ0n) is 21.7. The molecule has 9 heteroatoms. The second-order valence-corrected chi connectivity index (χ2v) is 10.9. The summed E-state index contributed by atoms with van der Waals surface area (Å²) in [5, 5.41) is 9.04. The molecule has 2 aliphatic rings. The first-order chi connectivity index (χ1) is 18.5. The molecule has 0 radical (unpaired) electrons. The van der Waals surface area contributed by atoms with Gasteiger partial charge >= 0.3 is 0 Å². The number of hydrogen-bond acceptors (Lipinski definition) is 7. The number of carbonyl (C=O) groups excluding carboxylic acids is 2. The minimum atomic E-state index is -0.973. The fourth-order valence-corrected chi connectivity index (χ4v) is 5.73. The van der Waals surface area contributed by atoms with Crippen molar-refractivity contribution in [2.75, 3.05) is 44.7 Å². The van der Waals surface area contributed by atoms with Crippen LogP contribution in [0.25, 0.3) is 11.3 Å². The summed E-state index contributed by atoms with van der Waals surface area (Å²) in [5.74, 6) is 0.633. The van der Waals surface area contributed by atoms with Crippen LogP contribution >= 0.6 is 11.3 Å². The van der Waals surface area contributed by atoms with Gasteiger partial charge in [-0.2, -0.15) is 0 Å². The molecule has 1 saturated heterocycles. The van der Waals surface area contributed by atoms with E-state index in [1.807, 2.05) is 59.7 Å². The lowest BCUT2D eigenvalue weighted by atomic mass is 9.91. The molecule has 1 aromatic heterocycles. The van der Waals surface area contributed by atoms with Crippen molar-refractivity contribution >= 4 is 28.8 Å². The summed E-state index contributed by atoms with van der Waals surface area (Å²) in [7, 11) is 0. The highest BCUT2D eigenvalue weighted by molar-refractivity contribution is 7.09. The number of morpholine rings is 1. The van der Waals surface area contributed by atoms with E-state index >= 15 is 0 Å². The highest BCUT2D eigenvalue weighted by atomic mass is 32.1. The number of thiazole rings is 1. The summed E-state index contributed by atoms with van der Waals surface area (Å²) in [6.45, 7) is 4.33. The monoisotopic (exact) mass is 534 g/mol. The number of aryl methyl sites for hydroxylation is 2. The predicted molar refractivity (Wildman–Crippen MR) is 149 cm³/mol. The maximum absolute atomic E-state index is 13.3. The van der Waals surface area contributed by atoms with E-state index in [2.05, 4.69) is 21.7 Å². The van der Waals surface area contributed by atoms with Crippen molar-refractivity contribution in [1.29, 1.82) is 0 Å². The zero-order valence-corrected chi connectivity index (χ0v) is 22.5. The number of hydrogen-bond donors (Lipinski definition) is 2. The molecular weight excluding hydrogens is 500 g/mol. The number of benzene rings is 2. The molecule has 38 heavy (non-hydrogen) atoms. The smallest absolute Gasteiger partial charge is 0.253 e. The Hall–Kier alpha value is -3.27. The summed E-state index contributed by atoms with van der Waals surface area (Å²) in [5.41, 5.74) is 2.81. The first-order valence-electron chi connectivity index (χ1n) is 13.2. The average molecular weight is 535 g/mol. The fraction of sp³-hybridized carbons (Fsp3) is 0.414. The standard InChI is InChI=1S/C29H34N4O4S/c1-21-31-25(19-38-21)23-9-6-10-24(17-23)32-27(34)18-33-14-16-37-29(20-33)12-5-4-8-22-7-2-3-11-26(22)36-15-13-30-28(29)35/h2-3,6-7,9-11,17,19H,4-5,8,12-16,18,20H2,1H3,(H,30,35)(H,32,34). The number of aromatic nitrogens is 1. The Kier molecular flexibility index (Phi) is 8.36. The van der Waals surface area contributed by atoms with Crippen LogP contribution in [0, 0.1) is 6.92 Å². The molecule has 0 bridgehead atoms. The summed E-state index contributed by atoms with van der Waals surface area (Å²) >= 11 is 1.60. The van der Waals surface area contributed by atoms with E-state index in [1.54, 1.807) is 11.3 Å². The minimum Gasteiger partial charge on any atom is -0.491 e. The maximum atomic E-state index is 13.3. The van der Waals surface area contributed by atoms with Gasteiger partial charge in [0.2, 0.25) is 5.91 Å². The van der Waals surface area contributed by atoms with Crippen LogP contribution in [-0.2, 0) is 20.7 Å². The Bertz CT molecular complexity index is 1280. The van der Waals surface area contributed by atoms with Crippen molar-refractivity contribution < 1.29 is 19.1 Å². The number of nitrogens with zero attached hydrogens (tertiary/aromatic N) is 2. The van der Waals surface area contributed by atoms with Crippen LogP contribution < -0.4 is 15.4 Å². The molecule has 2 aliphatic heterocycles. The predicted octanol–water partition coefficient (Wildman–Crippen LogP) is 4.05. The van der Waals surface area contributed by atoms with E-state index in [0.717, 1.165) is 47.0 Å². The molecule has 0 aliphatic carbocycles. The topological polar surface area (TPSA) is 92.8 Å². The van der Waals surface area contributed by atoms with E-state index in [-0.39, 0.29) is 18.4 Å². The van der Waals surface area contributed by atoms with Gasteiger partial charge in [-0.3, -0.25) is 14.5 Å². The van der Waals surface area contributed by atoms with Crippen molar-refractivity contribution in [1.82, 2.24) is 15.2 Å². The van der Waals surface area contributed by atoms with Gasteiger partial charge in [0.1, 0.15) is 12.4 Å². The van der Waals surface area contributed by atoms with E-state index in [4.69, 9.17) is 9.47 Å². The molecule has 1 spiro atoms. The normalized spacial score (nSPS) is 20.9. The van der Waals surface area contributed by atoms with Gasteiger partial charge < -0.3 is 20.1 Å². The van der Waals surface area contributed by atoms with Crippen molar-refractivity contribution in [3.63, 3.8) is 0 Å². The molecule has 1 atom stereocenters. The molecule has 1 fully saturated rings. The highest BCUT2D eigenvalue weighted by Gasteiger charge is 2.43. The quantitative estimate of drug-likeness (QED) is 0.525. The molecular formula is C29H34N4O4S. The largest absolute Gasteiger partial charge is 0.491 e. The Morgan fingerprint density at radius 1 is 1.18 bits per heavy atom. The fourth-order valence-electron chi connectivity index (χ4n) is 5.11. The van der Waals surface area contributed by atoms with Crippen LogP contribution in [0.4, 0.5) is 5.69 Å². The number of rotatable bonds is 4. The number of amides is 2. The van der Waals surface area contributed by atoms with Crippen LogP contribution in [0.5, 0.6) is 5.75 Å². The van der Waals surface area contributed by atoms with Gasteiger partial charge in [0.15, 0.2) is 5.60 Å². The summed E-state index contributed by atoms with van der Waals surface area (Å²) in [6, 6.07) is 15.8. The molecule has 5 rings (SSSR count). The SMILES string of the molecule is Cc1nc(-c2cccc(NC(=O)CN3CCOC4(CCCCc5ccccc5OCCNC4=O)C3)c2)cs1. The van der Waals surface area contributed by atoms with Crippen LogP contribution in [0.1, 0.15) is 29.8 Å². The van der Waals surface area contributed by atoms with Gasteiger partial charge in [-0.25, -0.2) is 4.98 Å². The molecule has 2 amide bonds. The molecule has 3 aromatic rings.